The van der Waals surface area contributed by atoms with E-state index < -0.39 is 0 Å². The molecular weight excluding hydrogens is 336 g/mol. The van der Waals surface area contributed by atoms with Crippen LogP contribution in [0.3, 0.4) is 0 Å². The number of nitrogens with one attached hydrogen (secondary N) is 2. The van der Waals surface area contributed by atoms with Crippen LogP contribution in [0.1, 0.15) is 73.1 Å². The smallest absolute Gasteiger partial charge is 0.243 e. The van der Waals surface area contributed by atoms with Crippen molar-refractivity contribution >= 4 is 11.8 Å². The summed E-state index contributed by atoms with van der Waals surface area (Å²) in [5.74, 6) is 1.72. The van der Waals surface area contributed by atoms with Gasteiger partial charge in [0.15, 0.2) is 0 Å². The van der Waals surface area contributed by atoms with Gasteiger partial charge in [-0.1, -0.05) is 26.3 Å². The van der Waals surface area contributed by atoms with Gasteiger partial charge in [0, 0.05) is 22.9 Å². The summed E-state index contributed by atoms with van der Waals surface area (Å²) in [6.45, 7) is 11.0. The molecule has 2 amide bonds. The standard InChI is InChI=1S/C23H36N2O2/c1-21(2,3)25-20(27)14-13-17-23(5,12-9-18(26)24-17)16-8-11-22(4)10-6-7-15(22)19(14)16/h9,12,14-17,19H,6-8,10-11,13H2,1-5H3,(H,24,26)(H,25,27)/t14?,15-,16+,17?,19-,22-,23+/m0/s1. The van der Waals surface area contributed by atoms with Gasteiger partial charge in [-0.15, -0.1) is 0 Å². The number of carbonyl (C=O) groups excluding carboxylic acids is 2. The predicted molar refractivity (Wildman–Crippen MR) is 107 cm³/mol. The summed E-state index contributed by atoms with van der Waals surface area (Å²) in [5, 5.41) is 6.47. The summed E-state index contributed by atoms with van der Waals surface area (Å²) in [5.41, 5.74) is 0.143. The van der Waals surface area contributed by atoms with Gasteiger partial charge in [0.25, 0.3) is 0 Å². The minimum atomic E-state index is -0.226. The molecule has 0 spiro atoms. The molecule has 7 atom stereocenters. The zero-order valence-electron chi connectivity index (χ0n) is 17.6. The van der Waals surface area contributed by atoms with Gasteiger partial charge in [0.1, 0.15) is 0 Å². The van der Waals surface area contributed by atoms with Crippen LogP contribution < -0.4 is 10.6 Å². The summed E-state index contributed by atoms with van der Waals surface area (Å²) >= 11 is 0. The van der Waals surface area contributed by atoms with E-state index in [0.717, 1.165) is 6.42 Å². The highest BCUT2D eigenvalue weighted by atomic mass is 16.2. The molecule has 0 aromatic rings. The van der Waals surface area contributed by atoms with Gasteiger partial charge in [0.2, 0.25) is 11.8 Å². The number of rotatable bonds is 1. The minimum Gasteiger partial charge on any atom is -0.351 e. The van der Waals surface area contributed by atoms with E-state index in [1.165, 1.54) is 32.1 Å². The number of fused-ring (bicyclic) bond motifs is 5. The second-order valence-corrected chi connectivity index (χ2v) is 11.2. The van der Waals surface area contributed by atoms with Crippen LogP contribution in [0.25, 0.3) is 0 Å². The molecule has 0 bridgehead atoms. The normalized spacial score (nSPS) is 46.1. The molecule has 2 N–H and O–H groups in total. The molecule has 4 rings (SSSR count). The average molecular weight is 373 g/mol. The molecule has 4 nitrogen and oxygen atoms in total. The summed E-state index contributed by atoms with van der Waals surface area (Å²) in [7, 11) is 0. The van der Waals surface area contributed by atoms with Gasteiger partial charge >= 0.3 is 0 Å². The summed E-state index contributed by atoms with van der Waals surface area (Å²) in [6, 6.07) is 0.0673. The van der Waals surface area contributed by atoms with E-state index in [0.29, 0.717) is 23.2 Å². The van der Waals surface area contributed by atoms with Crippen molar-refractivity contribution in [2.24, 2.45) is 34.5 Å². The zero-order valence-corrected chi connectivity index (χ0v) is 17.6. The van der Waals surface area contributed by atoms with Crippen molar-refractivity contribution in [3.05, 3.63) is 12.2 Å². The van der Waals surface area contributed by atoms with Gasteiger partial charge < -0.3 is 10.6 Å². The highest BCUT2D eigenvalue weighted by Gasteiger charge is 2.61. The maximum atomic E-state index is 13.4. The fourth-order valence-electron chi connectivity index (χ4n) is 7.07. The predicted octanol–water partition coefficient (Wildman–Crippen LogP) is 3.81. The van der Waals surface area contributed by atoms with Crippen LogP contribution in [0, 0.1) is 34.5 Å². The first-order valence-corrected chi connectivity index (χ1v) is 10.9. The molecule has 0 saturated heterocycles. The molecule has 2 unspecified atom stereocenters. The molecule has 3 saturated carbocycles. The molecule has 0 aromatic heterocycles. The topological polar surface area (TPSA) is 58.2 Å². The van der Waals surface area contributed by atoms with Crippen LogP contribution in [-0.4, -0.2) is 23.4 Å². The van der Waals surface area contributed by atoms with Gasteiger partial charge in [-0.05, 0) is 82.1 Å². The van der Waals surface area contributed by atoms with Gasteiger partial charge in [-0.25, -0.2) is 0 Å². The first-order chi connectivity index (χ1) is 12.5. The van der Waals surface area contributed by atoms with E-state index >= 15 is 0 Å². The highest BCUT2D eigenvalue weighted by Crippen LogP contribution is 2.64. The lowest BCUT2D eigenvalue weighted by Gasteiger charge is -2.60. The Labute approximate surface area is 163 Å². The van der Waals surface area contributed by atoms with E-state index in [1.54, 1.807) is 6.08 Å². The molecule has 27 heavy (non-hydrogen) atoms. The van der Waals surface area contributed by atoms with Crippen molar-refractivity contribution in [1.29, 1.82) is 0 Å². The first kappa shape index (κ1) is 19.0. The molecule has 150 valence electrons. The molecule has 0 radical (unpaired) electrons. The van der Waals surface area contributed by atoms with Crippen LogP contribution in [0.2, 0.25) is 0 Å². The molecule has 0 aromatic carbocycles. The molecule has 3 fully saturated rings. The Morgan fingerprint density at radius 1 is 1.19 bits per heavy atom. The van der Waals surface area contributed by atoms with E-state index in [9.17, 15) is 9.59 Å². The monoisotopic (exact) mass is 372 g/mol. The van der Waals surface area contributed by atoms with E-state index in [1.807, 2.05) is 0 Å². The SMILES string of the molecule is CC(C)(C)NC(=O)C1CC2NC(=O)C=C[C@]2(C)[C@@H]2CC[C@]3(C)CCC[C@H]3[C@H]12. The second-order valence-electron chi connectivity index (χ2n) is 11.2. The molecule has 1 heterocycles. The van der Waals surface area contributed by atoms with Crippen molar-refractivity contribution in [2.75, 3.05) is 0 Å². The number of hydrogen-bond donors (Lipinski definition) is 2. The van der Waals surface area contributed by atoms with Crippen molar-refractivity contribution in [3.8, 4) is 0 Å². The summed E-state index contributed by atoms with van der Waals surface area (Å²) in [6.07, 6.45) is 11.0. The number of carbonyl (C=O) groups is 2. The van der Waals surface area contributed by atoms with Crippen LogP contribution >= 0.6 is 0 Å². The fraction of sp³-hybridized carbons (Fsp3) is 0.826. The molecule has 4 aliphatic rings. The van der Waals surface area contributed by atoms with Gasteiger partial charge in [-0.2, -0.15) is 0 Å². The Morgan fingerprint density at radius 2 is 1.93 bits per heavy atom. The number of amides is 2. The molecule has 3 aliphatic carbocycles. The Kier molecular flexibility index (Phi) is 4.29. The van der Waals surface area contributed by atoms with E-state index in [2.05, 4.69) is 51.3 Å². The van der Waals surface area contributed by atoms with Crippen LogP contribution in [0.5, 0.6) is 0 Å². The zero-order chi connectivity index (χ0) is 19.6. The third-order valence-electron chi connectivity index (χ3n) is 8.36. The van der Waals surface area contributed by atoms with Crippen LogP contribution in [0.4, 0.5) is 0 Å². The van der Waals surface area contributed by atoms with E-state index in [4.69, 9.17) is 0 Å². The fourth-order valence-corrected chi connectivity index (χ4v) is 7.07. The Hall–Kier alpha value is -1.32. The first-order valence-electron chi connectivity index (χ1n) is 10.9. The van der Waals surface area contributed by atoms with Crippen molar-refractivity contribution in [1.82, 2.24) is 10.6 Å². The van der Waals surface area contributed by atoms with Gasteiger partial charge in [-0.3, -0.25) is 9.59 Å². The lowest BCUT2D eigenvalue weighted by atomic mass is 9.46. The van der Waals surface area contributed by atoms with Crippen LogP contribution in [-0.2, 0) is 9.59 Å². The van der Waals surface area contributed by atoms with Crippen molar-refractivity contribution < 1.29 is 9.59 Å². The van der Waals surface area contributed by atoms with Crippen molar-refractivity contribution in [3.63, 3.8) is 0 Å². The Morgan fingerprint density at radius 3 is 2.63 bits per heavy atom. The third-order valence-corrected chi connectivity index (χ3v) is 8.36. The lowest BCUT2D eigenvalue weighted by Crippen LogP contribution is -2.64. The minimum absolute atomic E-state index is 0.00169. The second kappa shape index (κ2) is 6.09. The maximum absolute atomic E-state index is 13.4. The quantitative estimate of drug-likeness (QED) is 0.735. The average Bonchev–Trinajstić information content (AvgIpc) is 2.95. The molecule has 4 heteroatoms. The van der Waals surface area contributed by atoms with Gasteiger partial charge in [0.05, 0.1) is 0 Å². The molecular formula is C23H36N2O2. The summed E-state index contributed by atoms with van der Waals surface area (Å²) in [4.78, 5) is 25.4. The Bertz CT molecular complexity index is 678. The lowest BCUT2D eigenvalue weighted by molar-refractivity contribution is -0.145. The van der Waals surface area contributed by atoms with Crippen LogP contribution in [0.15, 0.2) is 12.2 Å². The largest absolute Gasteiger partial charge is 0.351 e. The highest BCUT2D eigenvalue weighted by molar-refractivity contribution is 5.89. The van der Waals surface area contributed by atoms with E-state index in [-0.39, 0.29) is 34.7 Å². The van der Waals surface area contributed by atoms with Crippen molar-refractivity contribution in [2.45, 2.75) is 84.7 Å². The third kappa shape index (κ3) is 3.03. The summed E-state index contributed by atoms with van der Waals surface area (Å²) < 4.78 is 0. The maximum Gasteiger partial charge on any atom is 0.243 e. The molecule has 1 aliphatic heterocycles. The number of hydrogen-bond acceptors (Lipinski definition) is 2. The Balaban J connectivity index is 1.73.